The van der Waals surface area contributed by atoms with Crippen LogP contribution < -0.4 is 5.73 Å². The predicted molar refractivity (Wildman–Crippen MR) is 84.1 cm³/mol. The molecule has 2 rings (SSSR count). The highest BCUT2D eigenvalue weighted by atomic mass is 35.5. The average molecular weight is 290 g/mol. The lowest BCUT2D eigenvalue weighted by Gasteiger charge is -2.25. The van der Waals surface area contributed by atoms with Crippen LogP contribution in [0.4, 0.5) is 0 Å². The van der Waals surface area contributed by atoms with E-state index in [-0.39, 0.29) is 5.92 Å². The third-order valence-corrected chi connectivity index (χ3v) is 4.02. The second kappa shape index (κ2) is 6.40. The summed E-state index contributed by atoms with van der Waals surface area (Å²) < 4.78 is 0. The molecule has 106 valence electrons. The molecule has 3 N–H and O–H groups in total. The van der Waals surface area contributed by atoms with Gasteiger partial charge in [-0.2, -0.15) is 0 Å². The largest absolute Gasteiger partial charge is 0.388 e. The molecule has 0 aromatic heterocycles. The Hall–Kier alpha value is -1.35. The van der Waals surface area contributed by atoms with Crippen molar-refractivity contribution >= 4 is 11.6 Å². The molecule has 2 nitrogen and oxygen atoms in total. The van der Waals surface area contributed by atoms with Crippen molar-refractivity contribution in [1.82, 2.24) is 0 Å². The van der Waals surface area contributed by atoms with Gasteiger partial charge in [0, 0.05) is 17.5 Å². The normalized spacial score (nSPS) is 14.1. The maximum Gasteiger partial charge on any atom is 0.0875 e. The minimum absolute atomic E-state index is 0.132. The minimum atomic E-state index is -0.609. The van der Waals surface area contributed by atoms with E-state index in [4.69, 9.17) is 17.3 Å². The summed E-state index contributed by atoms with van der Waals surface area (Å²) in [6.45, 7) is 4.42. The number of aryl methyl sites for hydroxylation is 2. The van der Waals surface area contributed by atoms with Gasteiger partial charge in [-0.05, 0) is 48.2 Å². The van der Waals surface area contributed by atoms with Gasteiger partial charge in [-0.1, -0.05) is 41.9 Å². The van der Waals surface area contributed by atoms with Crippen molar-refractivity contribution in [3.8, 4) is 0 Å². The smallest absolute Gasteiger partial charge is 0.0875 e. The molecule has 0 saturated heterocycles. The summed E-state index contributed by atoms with van der Waals surface area (Å²) in [7, 11) is 0. The number of benzene rings is 2. The highest BCUT2D eigenvalue weighted by Crippen LogP contribution is 2.34. The maximum absolute atomic E-state index is 10.8. The predicted octanol–water partition coefficient (Wildman–Crippen LogP) is 3.73. The van der Waals surface area contributed by atoms with Crippen LogP contribution in [0.3, 0.4) is 0 Å². The Morgan fingerprint density at radius 3 is 2.10 bits per heavy atom. The summed E-state index contributed by atoms with van der Waals surface area (Å²) in [5, 5.41) is 11.4. The maximum atomic E-state index is 10.8. The summed E-state index contributed by atoms with van der Waals surface area (Å²) in [6, 6.07) is 13.5. The lowest BCUT2D eigenvalue weighted by atomic mass is 9.85. The first-order valence-electron chi connectivity index (χ1n) is 6.74. The van der Waals surface area contributed by atoms with Gasteiger partial charge in [-0.15, -0.1) is 0 Å². The van der Waals surface area contributed by atoms with E-state index >= 15 is 0 Å². The van der Waals surface area contributed by atoms with Crippen LogP contribution in [0.5, 0.6) is 0 Å². The van der Waals surface area contributed by atoms with Crippen LogP contribution in [0.15, 0.2) is 42.5 Å². The highest BCUT2D eigenvalue weighted by Gasteiger charge is 2.24. The molecule has 0 radical (unpaired) electrons. The summed E-state index contributed by atoms with van der Waals surface area (Å²) in [6.07, 6.45) is -0.609. The van der Waals surface area contributed by atoms with Crippen molar-refractivity contribution in [2.75, 3.05) is 6.54 Å². The molecule has 20 heavy (non-hydrogen) atoms. The van der Waals surface area contributed by atoms with Gasteiger partial charge in [-0.3, -0.25) is 0 Å². The van der Waals surface area contributed by atoms with Gasteiger partial charge in [0.25, 0.3) is 0 Å². The molecule has 2 atom stereocenters. The molecule has 2 aromatic rings. The Balaban J connectivity index is 2.39. The first-order chi connectivity index (χ1) is 9.54. The zero-order valence-corrected chi connectivity index (χ0v) is 12.6. The summed E-state index contributed by atoms with van der Waals surface area (Å²) in [5.74, 6) is -0.132. The number of hydrogen-bond donors (Lipinski definition) is 2. The fraction of sp³-hybridized carbons (Fsp3) is 0.294. The molecule has 0 heterocycles. The van der Waals surface area contributed by atoms with Crippen LogP contribution in [-0.4, -0.2) is 11.7 Å². The Morgan fingerprint density at radius 2 is 1.60 bits per heavy atom. The van der Waals surface area contributed by atoms with Crippen LogP contribution >= 0.6 is 11.6 Å². The van der Waals surface area contributed by atoms with E-state index in [9.17, 15) is 5.11 Å². The van der Waals surface area contributed by atoms with Gasteiger partial charge < -0.3 is 10.8 Å². The fourth-order valence-corrected chi connectivity index (χ4v) is 2.78. The van der Waals surface area contributed by atoms with Crippen molar-refractivity contribution in [1.29, 1.82) is 0 Å². The van der Waals surface area contributed by atoms with Crippen molar-refractivity contribution in [3.05, 3.63) is 69.7 Å². The number of halogens is 1. The topological polar surface area (TPSA) is 46.2 Å². The summed E-state index contributed by atoms with van der Waals surface area (Å²) in [4.78, 5) is 0. The van der Waals surface area contributed by atoms with Gasteiger partial charge >= 0.3 is 0 Å². The van der Waals surface area contributed by atoms with Crippen LogP contribution in [-0.2, 0) is 0 Å². The Labute approximate surface area is 125 Å². The molecule has 2 unspecified atom stereocenters. The minimum Gasteiger partial charge on any atom is -0.388 e. The summed E-state index contributed by atoms with van der Waals surface area (Å²) >= 11 is 5.91. The Bertz CT molecular complexity index is 560. The van der Waals surface area contributed by atoms with Crippen molar-refractivity contribution in [2.45, 2.75) is 25.9 Å². The van der Waals surface area contributed by atoms with E-state index in [1.165, 1.54) is 0 Å². The molecule has 0 spiro atoms. The molecule has 3 heteroatoms. The van der Waals surface area contributed by atoms with Crippen molar-refractivity contribution < 1.29 is 5.11 Å². The molecule has 0 saturated carbocycles. The van der Waals surface area contributed by atoms with E-state index < -0.39 is 6.10 Å². The quantitative estimate of drug-likeness (QED) is 0.901. The number of nitrogens with two attached hydrogens (primary N) is 1. The second-order valence-electron chi connectivity index (χ2n) is 5.14. The zero-order chi connectivity index (χ0) is 14.7. The average Bonchev–Trinajstić information content (AvgIpc) is 2.41. The first-order valence-corrected chi connectivity index (χ1v) is 7.12. The van der Waals surface area contributed by atoms with E-state index in [0.29, 0.717) is 11.6 Å². The van der Waals surface area contributed by atoms with Crippen molar-refractivity contribution in [2.24, 2.45) is 5.73 Å². The monoisotopic (exact) mass is 289 g/mol. The van der Waals surface area contributed by atoms with Gasteiger partial charge in [0.1, 0.15) is 0 Å². The molecule has 0 aliphatic heterocycles. The third kappa shape index (κ3) is 3.04. The van der Waals surface area contributed by atoms with Gasteiger partial charge in [0.2, 0.25) is 0 Å². The molecule has 0 bridgehead atoms. The molecule has 0 aliphatic rings. The lowest BCUT2D eigenvalue weighted by molar-refractivity contribution is 0.146. The van der Waals surface area contributed by atoms with Crippen LogP contribution in [0.1, 0.15) is 34.3 Å². The van der Waals surface area contributed by atoms with Gasteiger partial charge in [-0.25, -0.2) is 0 Å². The molecule has 0 aliphatic carbocycles. The molecule has 2 aromatic carbocycles. The third-order valence-electron chi connectivity index (χ3n) is 3.77. The number of aliphatic hydroxyl groups is 1. The molecule has 0 fully saturated rings. The molecular weight excluding hydrogens is 270 g/mol. The number of hydrogen-bond acceptors (Lipinski definition) is 2. The van der Waals surface area contributed by atoms with Gasteiger partial charge in [0.15, 0.2) is 0 Å². The van der Waals surface area contributed by atoms with Crippen LogP contribution in [0.2, 0.25) is 5.02 Å². The summed E-state index contributed by atoms with van der Waals surface area (Å²) in [5.41, 5.74) is 10.0. The van der Waals surface area contributed by atoms with E-state index in [1.54, 1.807) is 0 Å². The standard InChI is InChI=1S/C17H20ClNO/c1-11-4-3-5-12(2)16(11)17(20)15(10-19)13-6-8-14(18)9-7-13/h3-9,15,17,20H,10,19H2,1-2H3. The zero-order valence-electron chi connectivity index (χ0n) is 11.8. The van der Waals surface area contributed by atoms with Crippen molar-refractivity contribution in [3.63, 3.8) is 0 Å². The Morgan fingerprint density at radius 1 is 1.05 bits per heavy atom. The fourth-order valence-electron chi connectivity index (χ4n) is 2.65. The molecular formula is C17H20ClNO. The van der Waals surface area contributed by atoms with E-state index in [2.05, 4.69) is 0 Å². The SMILES string of the molecule is Cc1cccc(C)c1C(O)C(CN)c1ccc(Cl)cc1. The second-order valence-corrected chi connectivity index (χ2v) is 5.58. The van der Waals surface area contributed by atoms with Crippen LogP contribution in [0.25, 0.3) is 0 Å². The number of rotatable bonds is 4. The lowest BCUT2D eigenvalue weighted by Crippen LogP contribution is -2.21. The van der Waals surface area contributed by atoms with Gasteiger partial charge in [0.05, 0.1) is 6.10 Å². The van der Waals surface area contributed by atoms with Crippen LogP contribution in [0, 0.1) is 13.8 Å². The van der Waals surface area contributed by atoms with E-state index in [1.807, 2.05) is 56.3 Å². The first kappa shape index (κ1) is 15.0. The Kier molecular flexibility index (Phi) is 4.81. The highest BCUT2D eigenvalue weighted by molar-refractivity contribution is 6.30. The number of aliphatic hydroxyl groups excluding tert-OH is 1. The van der Waals surface area contributed by atoms with E-state index in [0.717, 1.165) is 22.3 Å². The molecule has 0 amide bonds.